The molecule has 0 N–H and O–H groups in total. The van der Waals surface area contributed by atoms with Crippen molar-refractivity contribution < 1.29 is 9.47 Å². The summed E-state index contributed by atoms with van der Waals surface area (Å²) >= 11 is 0. The van der Waals surface area contributed by atoms with E-state index in [1.165, 1.54) is 0 Å². The van der Waals surface area contributed by atoms with E-state index in [2.05, 4.69) is 0 Å². The van der Waals surface area contributed by atoms with Gasteiger partial charge in [-0.05, 0) is 26.3 Å². The van der Waals surface area contributed by atoms with Crippen molar-refractivity contribution in [3.8, 4) is 0 Å². The molecule has 0 aromatic carbocycles. The lowest BCUT2D eigenvalue weighted by Crippen LogP contribution is -2.04. The Kier molecular flexibility index (Phi) is 3.20. The van der Waals surface area contributed by atoms with Crippen LogP contribution in [0.1, 0.15) is 20.3 Å². The molecule has 0 aromatic rings. The first kappa shape index (κ1) is 9.17. The minimum absolute atomic E-state index is 0.226. The quantitative estimate of drug-likeness (QED) is 0.642. The van der Waals surface area contributed by atoms with Crippen molar-refractivity contribution in [2.24, 2.45) is 0 Å². The summed E-state index contributed by atoms with van der Waals surface area (Å²) in [6.45, 7) is 4.03. The molecule has 0 atom stereocenters. The average molecular weight is 167 g/mol. The molecule has 67 valence electrons. The van der Waals surface area contributed by atoms with Gasteiger partial charge in [-0.3, -0.25) is 0 Å². The third-order valence-electron chi connectivity index (χ3n) is 1.53. The lowest BCUT2D eigenvalue weighted by molar-refractivity contribution is 0.153. The summed E-state index contributed by atoms with van der Waals surface area (Å²) in [7, 11) is 1.67. The molecule has 0 fully saturated rings. The molecule has 0 aromatic heterocycles. The van der Waals surface area contributed by atoms with Gasteiger partial charge in [-0.15, -0.1) is 0 Å². The van der Waals surface area contributed by atoms with Gasteiger partial charge < -0.3 is 9.47 Å². The predicted molar refractivity (Wildman–Crippen MR) is 48.3 cm³/mol. The van der Waals surface area contributed by atoms with Crippen LogP contribution >= 0.6 is 0 Å². The van der Waals surface area contributed by atoms with E-state index in [1.54, 1.807) is 7.11 Å². The fourth-order valence-corrected chi connectivity index (χ4v) is 1.05. The second-order valence-electron chi connectivity index (χ2n) is 2.96. The number of ether oxygens (including phenoxy) is 2. The van der Waals surface area contributed by atoms with Crippen molar-refractivity contribution in [3.05, 3.63) is 30.1 Å². The van der Waals surface area contributed by atoms with E-state index in [1.807, 2.05) is 32.4 Å². The summed E-state index contributed by atoms with van der Waals surface area (Å²) in [4.78, 5) is 0. The highest BCUT2D eigenvalue weighted by atomic mass is 16.5. The molecular weight excluding hydrogens is 152 g/mol. The fourth-order valence-electron chi connectivity index (χ4n) is 1.05. The van der Waals surface area contributed by atoms with Crippen LogP contribution in [-0.4, -0.2) is 13.2 Å². The van der Waals surface area contributed by atoms with Crippen LogP contribution in [-0.2, 0) is 9.47 Å². The van der Waals surface area contributed by atoms with Crippen LogP contribution < -0.4 is 0 Å². The minimum Gasteiger partial charge on any atom is -0.501 e. The maximum Gasteiger partial charge on any atom is 0.119 e. The molecule has 0 heterocycles. The lowest BCUT2D eigenvalue weighted by atomic mass is 10.1. The largest absolute Gasteiger partial charge is 0.501 e. The zero-order chi connectivity index (χ0) is 8.97. The smallest absolute Gasteiger partial charge is 0.119 e. The SMILES string of the molecule is COC1=CC(OC(C)C)=CC[CH]1. The molecule has 2 nitrogen and oxygen atoms in total. The van der Waals surface area contributed by atoms with Crippen molar-refractivity contribution in [1.82, 2.24) is 0 Å². The molecule has 0 bridgehead atoms. The van der Waals surface area contributed by atoms with Crippen molar-refractivity contribution in [2.75, 3.05) is 7.11 Å². The van der Waals surface area contributed by atoms with Crippen LogP contribution in [0, 0.1) is 6.42 Å². The number of rotatable bonds is 3. The van der Waals surface area contributed by atoms with Gasteiger partial charge in [0, 0.05) is 12.5 Å². The Hall–Kier alpha value is -0.920. The molecule has 1 rings (SSSR count). The highest BCUT2D eigenvalue weighted by Gasteiger charge is 2.07. The van der Waals surface area contributed by atoms with E-state index < -0.39 is 0 Å². The van der Waals surface area contributed by atoms with Crippen LogP contribution in [0.3, 0.4) is 0 Å². The molecule has 2 heteroatoms. The zero-order valence-electron chi connectivity index (χ0n) is 7.83. The first-order chi connectivity index (χ1) is 5.72. The molecule has 1 aliphatic rings. The highest BCUT2D eigenvalue weighted by Crippen LogP contribution is 2.18. The average Bonchev–Trinajstić information content (AvgIpc) is 2.03. The van der Waals surface area contributed by atoms with Gasteiger partial charge in [-0.1, -0.05) is 0 Å². The summed E-state index contributed by atoms with van der Waals surface area (Å²) in [6.07, 6.45) is 7.09. The number of allylic oxidation sites excluding steroid dienone is 3. The minimum atomic E-state index is 0.226. The van der Waals surface area contributed by atoms with E-state index in [4.69, 9.17) is 9.47 Å². The molecule has 0 unspecified atom stereocenters. The van der Waals surface area contributed by atoms with E-state index in [0.717, 1.165) is 17.9 Å². The first-order valence-electron chi connectivity index (χ1n) is 4.18. The van der Waals surface area contributed by atoms with Crippen LogP contribution in [0.5, 0.6) is 0 Å². The molecule has 1 radical (unpaired) electrons. The standard InChI is InChI=1S/C10H15O2/c1-8(2)12-10-6-4-5-9(7-10)11-3/h5-8H,4H2,1-3H3. The van der Waals surface area contributed by atoms with Gasteiger partial charge in [0.2, 0.25) is 0 Å². The lowest BCUT2D eigenvalue weighted by Gasteiger charge is -2.15. The van der Waals surface area contributed by atoms with Crippen LogP contribution in [0.15, 0.2) is 23.7 Å². The van der Waals surface area contributed by atoms with Gasteiger partial charge in [0.05, 0.1) is 13.2 Å². The van der Waals surface area contributed by atoms with Gasteiger partial charge in [0.25, 0.3) is 0 Å². The Balaban J connectivity index is 2.54. The van der Waals surface area contributed by atoms with E-state index >= 15 is 0 Å². The van der Waals surface area contributed by atoms with Gasteiger partial charge in [0.15, 0.2) is 0 Å². The van der Waals surface area contributed by atoms with E-state index in [9.17, 15) is 0 Å². The van der Waals surface area contributed by atoms with Crippen molar-refractivity contribution >= 4 is 0 Å². The molecule has 0 saturated heterocycles. The zero-order valence-corrected chi connectivity index (χ0v) is 7.83. The third kappa shape index (κ3) is 2.61. The Morgan fingerprint density at radius 3 is 2.67 bits per heavy atom. The van der Waals surface area contributed by atoms with Gasteiger partial charge in [0.1, 0.15) is 11.5 Å². The summed E-state index contributed by atoms with van der Waals surface area (Å²) in [5.74, 6) is 1.79. The molecule has 0 spiro atoms. The molecule has 0 saturated carbocycles. The second-order valence-corrected chi connectivity index (χ2v) is 2.96. The summed E-state index contributed by atoms with van der Waals surface area (Å²) in [6, 6.07) is 0. The number of hydrogen-bond donors (Lipinski definition) is 0. The van der Waals surface area contributed by atoms with Crippen molar-refractivity contribution in [1.29, 1.82) is 0 Å². The number of hydrogen-bond acceptors (Lipinski definition) is 2. The summed E-state index contributed by atoms with van der Waals surface area (Å²) in [5.41, 5.74) is 0. The Labute approximate surface area is 73.9 Å². The van der Waals surface area contributed by atoms with Crippen LogP contribution in [0.25, 0.3) is 0 Å². The normalized spacial score (nSPS) is 17.0. The molecule has 0 aliphatic heterocycles. The summed E-state index contributed by atoms with van der Waals surface area (Å²) in [5, 5.41) is 0. The van der Waals surface area contributed by atoms with Crippen LogP contribution in [0.2, 0.25) is 0 Å². The molecule has 1 aliphatic carbocycles. The van der Waals surface area contributed by atoms with E-state index in [-0.39, 0.29) is 6.10 Å². The number of methoxy groups -OCH3 is 1. The van der Waals surface area contributed by atoms with Crippen molar-refractivity contribution in [2.45, 2.75) is 26.4 Å². The molecular formula is C10H15O2. The Morgan fingerprint density at radius 2 is 2.08 bits per heavy atom. The van der Waals surface area contributed by atoms with Crippen LogP contribution in [0.4, 0.5) is 0 Å². The Bertz CT molecular complexity index is 202. The third-order valence-corrected chi connectivity index (χ3v) is 1.53. The molecule has 12 heavy (non-hydrogen) atoms. The maximum absolute atomic E-state index is 5.51. The highest BCUT2D eigenvalue weighted by molar-refractivity contribution is 5.26. The summed E-state index contributed by atoms with van der Waals surface area (Å²) < 4.78 is 10.6. The first-order valence-corrected chi connectivity index (χ1v) is 4.18. The fraction of sp³-hybridized carbons (Fsp3) is 0.500. The van der Waals surface area contributed by atoms with E-state index in [0.29, 0.717) is 0 Å². The molecule has 0 amide bonds. The van der Waals surface area contributed by atoms with Crippen molar-refractivity contribution in [3.63, 3.8) is 0 Å². The van der Waals surface area contributed by atoms with Gasteiger partial charge >= 0.3 is 0 Å². The van der Waals surface area contributed by atoms with Gasteiger partial charge in [-0.2, -0.15) is 0 Å². The topological polar surface area (TPSA) is 18.5 Å². The maximum atomic E-state index is 5.51. The predicted octanol–water partition coefficient (Wildman–Crippen LogP) is 2.43. The second kappa shape index (κ2) is 4.19. The Morgan fingerprint density at radius 1 is 1.33 bits per heavy atom. The van der Waals surface area contributed by atoms with Gasteiger partial charge in [-0.25, -0.2) is 0 Å². The monoisotopic (exact) mass is 167 g/mol.